The first-order valence-corrected chi connectivity index (χ1v) is 7.42. The molecule has 1 aromatic carbocycles. The van der Waals surface area contributed by atoms with Gasteiger partial charge in [-0.15, -0.1) is 0 Å². The lowest BCUT2D eigenvalue weighted by molar-refractivity contribution is 0.0342. The number of aryl methyl sites for hydroxylation is 2. The van der Waals surface area contributed by atoms with Crippen molar-refractivity contribution in [3.8, 4) is 11.3 Å². The number of aromatic nitrogens is 2. The van der Waals surface area contributed by atoms with Gasteiger partial charge in [0, 0.05) is 31.4 Å². The first-order chi connectivity index (χ1) is 10.2. The van der Waals surface area contributed by atoms with Crippen molar-refractivity contribution in [2.75, 3.05) is 26.3 Å². The topological polar surface area (TPSA) is 38.2 Å². The summed E-state index contributed by atoms with van der Waals surface area (Å²) in [7, 11) is 0. The van der Waals surface area contributed by atoms with Crippen LogP contribution in [0.1, 0.15) is 17.0 Å². The van der Waals surface area contributed by atoms with E-state index < -0.39 is 0 Å². The summed E-state index contributed by atoms with van der Waals surface area (Å²) in [5.74, 6) is 0. The number of benzene rings is 1. The molecule has 0 amide bonds. The largest absolute Gasteiger partial charge is 0.379 e. The van der Waals surface area contributed by atoms with Crippen LogP contribution in [-0.2, 0) is 11.3 Å². The quantitative estimate of drug-likeness (QED) is 0.868. The Kier molecular flexibility index (Phi) is 4.27. The fraction of sp³-hybridized carbons (Fsp3) is 0.412. The Balaban J connectivity index is 1.83. The van der Waals surface area contributed by atoms with E-state index in [-0.39, 0.29) is 0 Å². The van der Waals surface area contributed by atoms with E-state index in [1.54, 1.807) is 0 Å². The van der Waals surface area contributed by atoms with Crippen molar-refractivity contribution in [3.05, 3.63) is 47.4 Å². The molecule has 0 spiro atoms. The van der Waals surface area contributed by atoms with Crippen LogP contribution in [0.25, 0.3) is 11.3 Å². The van der Waals surface area contributed by atoms with E-state index in [1.165, 1.54) is 5.56 Å². The summed E-state index contributed by atoms with van der Waals surface area (Å²) in [6.45, 7) is 8.64. The van der Waals surface area contributed by atoms with Crippen molar-refractivity contribution in [2.24, 2.45) is 0 Å². The van der Waals surface area contributed by atoms with Crippen molar-refractivity contribution >= 4 is 0 Å². The molecular weight excluding hydrogens is 262 g/mol. The average Bonchev–Trinajstić information content (AvgIpc) is 2.51. The van der Waals surface area contributed by atoms with E-state index in [1.807, 2.05) is 20.0 Å². The van der Waals surface area contributed by atoms with Crippen molar-refractivity contribution < 1.29 is 4.74 Å². The number of morpholine rings is 1. The third kappa shape index (κ3) is 3.46. The maximum Gasteiger partial charge on any atom is 0.0917 e. The van der Waals surface area contributed by atoms with Gasteiger partial charge in [0.1, 0.15) is 0 Å². The molecule has 1 aromatic heterocycles. The van der Waals surface area contributed by atoms with Gasteiger partial charge in [-0.05, 0) is 25.5 Å². The number of hydrogen-bond donors (Lipinski definition) is 0. The minimum Gasteiger partial charge on any atom is -0.379 e. The SMILES string of the molecule is Cc1cnc(C)c(-c2cccc(CN3CCOCC3)c2)n1. The minimum absolute atomic E-state index is 0.835. The van der Waals surface area contributed by atoms with E-state index in [0.29, 0.717) is 0 Å². The summed E-state index contributed by atoms with van der Waals surface area (Å²) < 4.78 is 5.40. The molecule has 1 aliphatic heterocycles. The Morgan fingerprint density at radius 2 is 2.00 bits per heavy atom. The van der Waals surface area contributed by atoms with Crippen LogP contribution >= 0.6 is 0 Å². The van der Waals surface area contributed by atoms with Gasteiger partial charge in [0.05, 0.1) is 30.3 Å². The fourth-order valence-corrected chi connectivity index (χ4v) is 2.65. The molecule has 1 aliphatic rings. The van der Waals surface area contributed by atoms with Gasteiger partial charge in [0.2, 0.25) is 0 Å². The normalized spacial score (nSPS) is 16.1. The lowest BCUT2D eigenvalue weighted by Gasteiger charge is -2.26. The monoisotopic (exact) mass is 283 g/mol. The summed E-state index contributed by atoms with van der Waals surface area (Å²) in [5, 5.41) is 0. The van der Waals surface area contributed by atoms with Crippen LogP contribution in [0.5, 0.6) is 0 Å². The summed E-state index contributed by atoms with van der Waals surface area (Å²) >= 11 is 0. The van der Waals surface area contributed by atoms with Crippen molar-refractivity contribution in [3.63, 3.8) is 0 Å². The van der Waals surface area contributed by atoms with Crippen LogP contribution in [0.4, 0.5) is 0 Å². The first kappa shape index (κ1) is 14.2. The number of rotatable bonds is 3. The molecular formula is C17H21N3O. The minimum atomic E-state index is 0.835. The average molecular weight is 283 g/mol. The molecule has 0 aliphatic carbocycles. The Morgan fingerprint density at radius 1 is 1.19 bits per heavy atom. The lowest BCUT2D eigenvalue weighted by Crippen LogP contribution is -2.35. The Labute approximate surface area is 125 Å². The highest BCUT2D eigenvalue weighted by Crippen LogP contribution is 2.22. The fourth-order valence-electron chi connectivity index (χ4n) is 2.65. The molecule has 1 saturated heterocycles. The Morgan fingerprint density at radius 3 is 2.81 bits per heavy atom. The van der Waals surface area contributed by atoms with Gasteiger partial charge in [-0.3, -0.25) is 9.88 Å². The van der Waals surface area contributed by atoms with Gasteiger partial charge in [-0.25, -0.2) is 4.98 Å². The van der Waals surface area contributed by atoms with Crippen LogP contribution in [0.2, 0.25) is 0 Å². The van der Waals surface area contributed by atoms with Crippen molar-refractivity contribution in [1.29, 1.82) is 0 Å². The zero-order valence-corrected chi connectivity index (χ0v) is 12.7. The number of nitrogens with zero attached hydrogens (tertiary/aromatic N) is 3. The highest BCUT2D eigenvalue weighted by Gasteiger charge is 2.12. The summed E-state index contributed by atoms with van der Waals surface area (Å²) in [6.07, 6.45) is 1.82. The van der Waals surface area contributed by atoms with Gasteiger partial charge in [0.15, 0.2) is 0 Å². The number of hydrogen-bond acceptors (Lipinski definition) is 4. The Bertz CT molecular complexity index is 621. The number of ether oxygens (including phenoxy) is 1. The maximum absolute atomic E-state index is 5.40. The molecule has 0 unspecified atom stereocenters. The first-order valence-electron chi connectivity index (χ1n) is 7.42. The van der Waals surface area contributed by atoms with Gasteiger partial charge >= 0.3 is 0 Å². The lowest BCUT2D eigenvalue weighted by atomic mass is 10.1. The highest BCUT2D eigenvalue weighted by molar-refractivity contribution is 5.62. The molecule has 2 aromatic rings. The zero-order valence-electron chi connectivity index (χ0n) is 12.7. The predicted molar refractivity (Wildman–Crippen MR) is 83.0 cm³/mol. The van der Waals surface area contributed by atoms with Crippen molar-refractivity contribution in [1.82, 2.24) is 14.9 Å². The highest BCUT2D eigenvalue weighted by atomic mass is 16.5. The van der Waals surface area contributed by atoms with E-state index in [9.17, 15) is 0 Å². The van der Waals surface area contributed by atoms with Crippen molar-refractivity contribution in [2.45, 2.75) is 20.4 Å². The third-order valence-corrected chi connectivity index (χ3v) is 3.79. The molecule has 0 bridgehead atoms. The molecule has 1 fully saturated rings. The van der Waals surface area contributed by atoms with Gasteiger partial charge in [-0.2, -0.15) is 0 Å². The standard InChI is InChI=1S/C17H21N3O/c1-13-11-18-14(2)17(19-13)16-5-3-4-15(10-16)12-20-6-8-21-9-7-20/h3-5,10-11H,6-9,12H2,1-2H3. The molecule has 0 saturated carbocycles. The van der Waals surface area contributed by atoms with E-state index in [2.05, 4.69) is 39.1 Å². The van der Waals surface area contributed by atoms with Gasteiger partial charge < -0.3 is 4.74 Å². The van der Waals surface area contributed by atoms with Crippen LogP contribution in [-0.4, -0.2) is 41.2 Å². The molecule has 3 rings (SSSR count). The van der Waals surface area contributed by atoms with Gasteiger partial charge in [0.25, 0.3) is 0 Å². The molecule has 0 radical (unpaired) electrons. The molecule has 110 valence electrons. The molecule has 0 atom stereocenters. The second kappa shape index (κ2) is 6.33. The summed E-state index contributed by atoms with van der Waals surface area (Å²) in [4.78, 5) is 11.5. The second-order valence-corrected chi connectivity index (χ2v) is 5.53. The molecule has 4 nitrogen and oxygen atoms in total. The smallest absolute Gasteiger partial charge is 0.0917 e. The van der Waals surface area contributed by atoms with Crippen LogP contribution in [0.3, 0.4) is 0 Å². The van der Waals surface area contributed by atoms with Crippen LogP contribution in [0.15, 0.2) is 30.5 Å². The molecule has 2 heterocycles. The predicted octanol–water partition coefficient (Wildman–Crippen LogP) is 2.59. The maximum atomic E-state index is 5.40. The van der Waals surface area contributed by atoms with Crippen LogP contribution in [0, 0.1) is 13.8 Å². The Hall–Kier alpha value is -1.78. The second-order valence-electron chi connectivity index (χ2n) is 5.53. The molecule has 4 heteroatoms. The van der Waals surface area contributed by atoms with Crippen LogP contribution < -0.4 is 0 Å². The van der Waals surface area contributed by atoms with E-state index in [4.69, 9.17) is 4.74 Å². The summed E-state index contributed by atoms with van der Waals surface area (Å²) in [6, 6.07) is 8.62. The zero-order chi connectivity index (χ0) is 14.7. The van der Waals surface area contributed by atoms with E-state index >= 15 is 0 Å². The van der Waals surface area contributed by atoms with Gasteiger partial charge in [-0.1, -0.05) is 18.2 Å². The molecule has 0 N–H and O–H groups in total. The summed E-state index contributed by atoms with van der Waals surface area (Å²) in [5.41, 5.74) is 5.38. The third-order valence-electron chi connectivity index (χ3n) is 3.79. The van der Waals surface area contributed by atoms with E-state index in [0.717, 1.165) is 55.5 Å². The molecule has 21 heavy (non-hydrogen) atoms.